The highest BCUT2D eigenvalue weighted by Crippen LogP contribution is 2.24. The lowest BCUT2D eigenvalue weighted by atomic mass is 10.1. The fraction of sp³-hybridized carbons (Fsp3) is 0.200. The van der Waals surface area contributed by atoms with E-state index in [-0.39, 0.29) is 17.6 Å². The van der Waals surface area contributed by atoms with Crippen LogP contribution in [-0.4, -0.2) is 7.11 Å². The van der Waals surface area contributed by atoms with Crippen molar-refractivity contribution >= 4 is 28.3 Å². The number of hydrogen-bond donors (Lipinski definition) is 1. The lowest BCUT2D eigenvalue weighted by Gasteiger charge is -2.16. The lowest BCUT2D eigenvalue weighted by Crippen LogP contribution is -2.07. The van der Waals surface area contributed by atoms with Crippen molar-refractivity contribution < 1.29 is 9.13 Å². The molecule has 1 N–H and O–H groups in total. The Morgan fingerprint density at radius 3 is 2.42 bits per heavy atom. The molecule has 0 saturated heterocycles. The van der Waals surface area contributed by atoms with E-state index in [0.29, 0.717) is 0 Å². The van der Waals surface area contributed by atoms with Crippen LogP contribution in [0.3, 0.4) is 0 Å². The molecular formula is C15H15FINO. The third kappa shape index (κ3) is 3.59. The first-order chi connectivity index (χ1) is 9.10. The summed E-state index contributed by atoms with van der Waals surface area (Å²) in [4.78, 5) is 0. The van der Waals surface area contributed by atoms with E-state index in [9.17, 15) is 4.39 Å². The molecule has 0 aliphatic rings. The molecule has 2 aromatic carbocycles. The number of nitrogens with one attached hydrogen (secondary N) is 1. The first-order valence-electron chi connectivity index (χ1n) is 5.95. The Kier molecular flexibility index (Phi) is 4.63. The van der Waals surface area contributed by atoms with Gasteiger partial charge >= 0.3 is 0 Å². The molecule has 1 unspecified atom stereocenters. The van der Waals surface area contributed by atoms with Gasteiger partial charge in [0.05, 0.1) is 7.11 Å². The normalized spacial score (nSPS) is 12.0. The van der Waals surface area contributed by atoms with Crippen molar-refractivity contribution in [1.82, 2.24) is 0 Å². The number of benzene rings is 2. The first-order valence-corrected chi connectivity index (χ1v) is 7.03. The maximum Gasteiger partial charge on any atom is 0.165 e. The van der Waals surface area contributed by atoms with Gasteiger partial charge in [0, 0.05) is 15.3 Å². The van der Waals surface area contributed by atoms with E-state index < -0.39 is 0 Å². The first kappa shape index (κ1) is 14.1. The molecule has 0 heterocycles. The van der Waals surface area contributed by atoms with Crippen molar-refractivity contribution in [1.29, 1.82) is 0 Å². The minimum atomic E-state index is -0.337. The number of halogens is 2. The molecule has 19 heavy (non-hydrogen) atoms. The highest BCUT2D eigenvalue weighted by Gasteiger charge is 2.09. The van der Waals surface area contributed by atoms with Crippen molar-refractivity contribution in [2.75, 3.05) is 12.4 Å². The summed E-state index contributed by atoms with van der Waals surface area (Å²) in [7, 11) is 1.46. The molecule has 2 nitrogen and oxygen atoms in total. The topological polar surface area (TPSA) is 21.3 Å². The molecule has 0 fully saturated rings. The van der Waals surface area contributed by atoms with Crippen LogP contribution in [0.4, 0.5) is 10.1 Å². The molecule has 0 amide bonds. The third-order valence-electron chi connectivity index (χ3n) is 2.90. The van der Waals surface area contributed by atoms with Crippen molar-refractivity contribution in [2.24, 2.45) is 0 Å². The predicted octanol–water partition coefficient (Wildman–Crippen LogP) is 4.61. The number of rotatable bonds is 4. The molecule has 1 atom stereocenters. The largest absolute Gasteiger partial charge is 0.494 e. The Bertz CT molecular complexity index is 557. The Morgan fingerprint density at radius 2 is 1.84 bits per heavy atom. The molecule has 4 heteroatoms. The second-order valence-electron chi connectivity index (χ2n) is 4.27. The van der Waals surface area contributed by atoms with Crippen molar-refractivity contribution in [3.63, 3.8) is 0 Å². The molecule has 0 bridgehead atoms. The third-order valence-corrected chi connectivity index (χ3v) is 3.62. The summed E-state index contributed by atoms with van der Waals surface area (Å²) in [6.45, 7) is 2.00. The van der Waals surface area contributed by atoms with Gasteiger partial charge in [0.25, 0.3) is 0 Å². The van der Waals surface area contributed by atoms with Crippen LogP contribution in [0.1, 0.15) is 18.5 Å². The maximum absolute atomic E-state index is 13.6. The Morgan fingerprint density at radius 1 is 1.16 bits per heavy atom. The standard InChI is InChI=1S/C15H15FINO/c1-10(18-13-6-4-12(17)5-7-13)11-3-8-15(19-2)14(16)9-11/h3-10,18H,1-2H3. The summed E-state index contributed by atoms with van der Waals surface area (Å²) in [6, 6.07) is 13.1. The van der Waals surface area contributed by atoms with Gasteiger partial charge in [0.1, 0.15) is 0 Å². The molecule has 0 spiro atoms. The summed E-state index contributed by atoms with van der Waals surface area (Å²) in [5.41, 5.74) is 1.90. The number of ether oxygens (including phenoxy) is 1. The van der Waals surface area contributed by atoms with Gasteiger partial charge in [-0.15, -0.1) is 0 Å². The minimum Gasteiger partial charge on any atom is -0.494 e. The maximum atomic E-state index is 13.6. The average molecular weight is 371 g/mol. The summed E-state index contributed by atoms with van der Waals surface area (Å²) < 4.78 is 19.8. The van der Waals surface area contributed by atoms with Crippen molar-refractivity contribution in [3.8, 4) is 5.75 Å². The summed E-state index contributed by atoms with van der Waals surface area (Å²) >= 11 is 2.26. The average Bonchev–Trinajstić information content (AvgIpc) is 2.41. The van der Waals surface area contributed by atoms with E-state index in [4.69, 9.17) is 4.74 Å². The zero-order valence-corrected chi connectivity index (χ0v) is 12.9. The van der Waals surface area contributed by atoms with Gasteiger partial charge in [-0.25, -0.2) is 4.39 Å². The molecule has 0 radical (unpaired) electrons. The van der Waals surface area contributed by atoms with Crippen molar-refractivity contribution in [3.05, 3.63) is 57.4 Å². The fourth-order valence-corrected chi connectivity index (χ4v) is 2.19. The zero-order valence-electron chi connectivity index (χ0n) is 10.8. The van der Waals surface area contributed by atoms with Gasteiger partial charge < -0.3 is 10.1 Å². The van der Waals surface area contributed by atoms with Crippen LogP contribution in [0.2, 0.25) is 0 Å². The predicted molar refractivity (Wildman–Crippen MR) is 84.1 cm³/mol. The van der Waals surface area contributed by atoms with E-state index in [1.807, 2.05) is 37.3 Å². The van der Waals surface area contributed by atoms with Gasteiger partial charge in [-0.05, 0) is 71.5 Å². The van der Waals surface area contributed by atoms with E-state index in [0.717, 1.165) is 11.3 Å². The van der Waals surface area contributed by atoms with Crippen LogP contribution in [0.15, 0.2) is 42.5 Å². The number of hydrogen-bond acceptors (Lipinski definition) is 2. The van der Waals surface area contributed by atoms with E-state index in [1.54, 1.807) is 6.07 Å². The second kappa shape index (κ2) is 6.23. The van der Waals surface area contributed by atoms with E-state index in [1.165, 1.54) is 16.7 Å². The van der Waals surface area contributed by atoms with Crippen LogP contribution in [-0.2, 0) is 0 Å². The van der Waals surface area contributed by atoms with E-state index >= 15 is 0 Å². The molecule has 0 aromatic heterocycles. The SMILES string of the molecule is COc1ccc(C(C)Nc2ccc(I)cc2)cc1F. The van der Waals surface area contributed by atoms with Gasteiger partial charge in [-0.3, -0.25) is 0 Å². The van der Waals surface area contributed by atoms with Gasteiger partial charge in [0.15, 0.2) is 11.6 Å². The van der Waals surface area contributed by atoms with Crippen LogP contribution < -0.4 is 10.1 Å². The highest BCUT2D eigenvalue weighted by atomic mass is 127. The van der Waals surface area contributed by atoms with Gasteiger partial charge in [-0.1, -0.05) is 6.07 Å². The molecule has 0 aliphatic heterocycles. The molecule has 2 rings (SSSR count). The van der Waals surface area contributed by atoms with Crippen LogP contribution in [0, 0.1) is 9.39 Å². The molecule has 0 aliphatic carbocycles. The van der Waals surface area contributed by atoms with Crippen LogP contribution in [0.25, 0.3) is 0 Å². The van der Waals surface area contributed by atoms with Gasteiger partial charge in [0.2, 0.25) is 0 Å². The zero-order chi connectivity index (χ0) is 13.8. The van der Waals surface area contributed by atoms with Gasteiger partial charge in [-0.2, -0.15) is 0 Å². The highest BCUT2D eigenvalue weighted by molar-refractivity contribution is 14.1. The summed E-state index contributed by atoms with van der Waals surface area (Å²) in [6.07, 6.45) is 0. The second-order valence-corrected chi connectivity index (χ2v) is 5.51. The summed E-state index contributed by atoms with van der Waals surface area (Å²) in [5, 5.41) is 3.34. The quantitative estimate of drug-likeness (QED) is 0.793. The lowest BCUT2D eigenvalue weighted by molar-refractivity contribution is 0.386. The monoisotopic (exact) mass is 371 g/mol. The smallest absolute Gasteiger partial charge is 0.165 e. The van der Waals surface area contributed by atoms with Crippen molar-refractivity contribution in [2.45, 2.75) is 13.0 Å². The Balaban J connectivity index is 2.13. The molecule has 100 valence electrons. The fourth-order valence-electron chi connectivity index (χ4n) is 1.83. The number of methoxy groups -OCH3 is 1. The van der Waals surface area contributed by atoms with Crippen LogP contribution >= 0.6 is 22.6 Å². The van der Waals surface area contributed by atoms with Crippen LogP contribution in [0.5, 0.6) is 5.75 Å². The summed E-state index contributed by atoms with van der Waals surface area (Å²) in [5.74, 6) is -0.0681. The molecule has 2 aromatic rings. The van der Waals surface area contributed by atoms with E-state index in [2.05, 4.69) is 27.9 Å². The molecule has 0 saturated carbocycles. The Hall–Kier alpha value is -1.30. The molecular weight excluding hydrogens is 356 g/mol. The Labute approximate surface area is 126 Å². The minimum absolute atomic E-state index is 0.0282. The number of anilines is 1.